The fourth-order valence-electron chi connectivity index (χ4n) is 1.48. The van der Waals surface area contributed by atoms with Gasteiger partial charge in [0.1, 0.15) is 5.82 Å². The molecule has 0 saturated carbocycles. The number of hydrogen-bond acceptors (Lipinski definition) is 1. The summed E-state index contributed by atoms with van der Waals surface area (Å²) < 4.78 is 15.0. The minimum Gasteiger partial charge on any atom is -0.275 e. The van der Waals surface area contributed by atoms with Gasteiger partial charge < -0.3 is 0 Å². The molecule has 0 N–H and O–H groups in total. The molecule has 0 amide bonds. The largest absolute Gasteiger partial charge is 0.275 e. The summed E-state index contributed by atoms with van der Waals surface area (Å²) in [5.41, 5.74) is 2.52. The Kier molecular flexibility index (Phi) is 2.08. The van der Waals surface area contributed by atoms with E-state index in [0.717, 1.165) is 11.1 Å². The molecule has 1 heterocycles. The topological polar surface area (TPSA) is 17.8 Å². The van der Waals surface area contributed by atoms with E-state index >= 15 is 0 Å². The van der Waals surface area contributed by atoms with Gasteiger partial charge in [0.05, 0.1) is 6.20 Å². The second kappa shape index (κ2) is 3.25. The Balaban J connectivity index is 2.57. The number of benzene rings is 1. The van der Waals surface area contributed by atoms with Gasteiger partial charge in [-0.15, -0.1) is 0 Å². The van der Waals surface area contributed by atoms with Gasteiger partial charge in [-0.2, -0.15) is 5.10 Å². The summed E-state index contributed by atoms with van der Waals surface area (Å²) in [6, 6.07) is 5.08. The lowest BCUT2D eigenvalue weighted by Gasteiger charge is -2.02. The number of rotatable bonds is 1. The summed E-state index contributed by atoms with van der Waals surface area (Å²) in [5, 5.41) is 4.06. The van der Waals surface area contributed by atoms with Crippen molar-refractivity contribution in [1.82, 2.24) is 9.78 Å². The summed E-state index contributed by atoms with van der Waals surface area (Å²) in [5.74, 6) is -0.175. The van der Waals surface area contributed by atoms with E-state index in [1.165, 1.54) is 6.07 Å². The van der Waals surface area contributed by atoms with Gasteiger partial charge in [-0.05, 0) is 24.1 Å². The van der Waals surface area contributed by atoms with E-state index in [-0.39, 0.29) is 5.82 Å². The Morgan fingerprint density at radius 3 is 2.79 bits per heavy atom. The van der Waals surface area contributed by atoms with Crippen molar-refractivity contribution in [2.75, 3.05) is 0 Å². The normalized spacial score (nSPS) is 10.5. The molecule has 0 saturated heterocycles. The SMILES string of the molecule is Cc1c(F)cccc1-c1cnn(C)c1. The average molecular weight is 190 g/mol. The highest BCUT2D eigenvalue weighted by molar-refractivity contribution is 5.65. The predicted molar refractivity (Wildman–Crippen MR) is 53.3 cm³/mol. The van der Waals surface area contributed by atoms with Crippen molar-refractivity contribution in [2.45, 2.75) is 6.92 Å². The van der Waals surface area contributed by atoms with E-state index in [0.29, 0.717) is 5.56 Å². The van der Waals surface area contributed by atoms with Crippen molar-refractivity contribution in [3.05, 3.63) is 42.0 Å². The van der Waals surface area contributed by atoms with Crippen LogP contribution in [0.5, 0.6) is 0 Å². The molecule has 1 aromatic carbocycles. The van der Waals surface area contributed by atoms with E-state index in [4.69, 9.17) is 0 Å². The summed E-state index contributed by atoms with van der Waals surface area (Å²) in [7, 11) is 1.85. The number of nitrogens with zero attached hydrogens (tertiary/aromatic N) is 2. The van der Waals surface area contributed by atoms with Gasteiger partial charge in [-0.3, -0.25) is 4.68 Å². The van der Waals surface area contributed by atoms with Crippen LogP contribution < -0.4 is 0 Å². The molecule has 2 nitrogen and oxygen atoms in total. The van der Waals surface area contributed by atoms with Gasteiger partial charge in [-0.25, -0.2) is 4.39 Å². The molecule has 0 atom stereocenters. The van der Waals surface area contributed by atoms with Crippen LogP contribution in [0, 0.1) is 12.7 Å². The van der Waals surface area contributed by atoms with E-state index in [2.05, 4.69) is 5.10 Å². The van der Waals surface area contributed by atoms with Crippen molar-refractivity contribution in [3.63, 3.8) is 0 Å². The van der Waals surface area contributed by atoms with Crippen LogP contribution in [0.4, 0.5) is 4.39 Å². The average Bonchev–Trinajstić information content (AvgIpc) is 2.57. The molecule has 0 spiro atoms. The summed E-state index contributed by atoms with van der Waals surface area (Å²) in [6.07, 6.45) is 3.61. The van der Waals surface area contributed by atoms with Crippen LogP contribution in [0.2, 0.25) is 0 Å². The Hall–Kier alpha value is -1.64. The van der Waals surface area contributed by atoms with Crippen molar-refractivity contribution in [1.29, 1.82) is 0 Å². The number of aromatic nitrogens is 2. The molecule has 0 aliphatic heterocycles. The first kappa shape index (κ1) is 8.94. The number of halogens is 1. The highest BCUT2D eigenvalue weighted by atomic mass is 19.1. The lowest BCUT2D eigenvalue weighted by atomic mass is 10.0. The second-order valence-electron chi connectivity index (χ2n) is 3.32. The third-order valence-corrected chi connectivity index (χ3v) is 2.28. The molecule has 0 aliphatic rings. The zero-order chi connectivity index (χ0) is 10.1. The molecule has 72 valence electrons. The lowest BCUT2D eigenvalue weighted by Crippen LogP contribution is -1.87. The molecule has 0 aliphatic carbocycles. The van der Waals surface area contributed by atoms with Crippen molar-refractivity contribution in [2.24, 2.45) is 7.05 Å². The maximum atomic E-state index is 13.2. The first-order valence-corrected chi connectivity index (χ1v) is 4.42. The van der Waals surface area contributed by atoms with Gasteiger partial charge >= 0.3 is 0 Å². The predicted octanol–water partition coefficient (Wildman–Crippen LogP) is 2.53. The fourth-order valence-corrected chi connectivity index (χ4v) is 1.48. The summed E-state index contributed by atoms with van der Waals surface area (Å²) in [4.78, 5) is 0. The molecular formula is C11H11FN2. The standard InChI is InChI=1S/C11H11FN2/c1-8-10(4-3-5-11(8)12)9-6-13-14(2)7-9/h3-7H,1-2H3. The van der Waals surface area contributed by atoms with Gasteiger partial charge in [-0.1, -0.05) is 12.1 Å². The molecular weight excluding hydrogens is 179 g/mol. The Bertz CT molecular complexity index is 460. The lowest BCUT2D eigenvalue weighted by molar-refractivity contribution is 0.619. The first-order valence-electron chi connectivity index (χ1n) is 4.42. The Labute approximate surface area is 82.0 Å². The molecule has 3 heteroatoms. The summed E-state index contributed by atoms with van der Waals surface area (Å²) in [6.45, 7) is 1.78. The zero-order valence-corrected chi connectivity index (χ0v) is 8.16. The van der Waals surface area contributed by atoms with Crippen LogP contribution in [0.3, 0.4) is 0 Å². The minimum absolute atomic E-state index is 0.175. The van der Waals surface area contributed by atoms with E-state index in [1.807, 2.05) is 19.3 Å². The molecule has 0 radical (unpaired) electrons. The molecule has 2 aromatic rings. The van der Waals surface area contributed by atoms with Gasteiger partial charge in [0.25, 0.3) is 0 Å². The molecule has 0 fully saturated rings. The monoisotopic (exact) mass is 190 g/mol. The van der Waals surface area contributed by atoms with Crippen molar-refractivity contribution in [3.8, 4) is 11.1 Å². The van der Waals surface area contributed by atoms with Crippen LogP contribution in [0.1, 0.15) is 5.56 Å². The van der Waals surface area contributed by atoms with Gasteiger partial charge in [0.2, 0.25) is 0 Å². The summed E-state index contributed by atoms with van der Waals surface area (Å²) >= 11 is 0. The fraction of sp³-hybridized carbons (Fsp3) is 0.182. The Morgan fingerprint density at radius 2 is 2.14 bits per heavy atom. The maximum absolute atomic E-state index is 13.2. The highest BCUT2D eigenvalue weighted by Gasteiger charge is 2.06. The van der Waals surface area contributed by atoms with E-state index < -0.39 is 0 Å². The maximum Gasteiger partial charge on any atom is 0.126 e. The molecule has 0 unspecified atom stereocenters. The van der Waals surface area contributed by atoms with Gasteiger partial charge in [0, 0.05) is 18.8 Å². The molecule has 2 rings (SSSR count). The minimum atomic E-state index is -0.175. The third kappa shape index (κ3) is 1.41. The zero-order valence-electron chi connectivity index (χ0n) is 8.16. The highest BCUT2D eigenvalue weighted by Crippen LogP contribution is 2.23. The number of hydrogen-bond donors (Lipinski definition) is 0. The van der Waals surface area contributed by atoms with Crippen LogP contribution in [0.25, 0.3) is 11.1 Å². The van der Waals surface area contributed by atoms with Crippen LogP contribution in [-0.2, 0) is 7.05 Å². The Morgan fingerprint density at radius 1 is 1.36 bits per heavy atom. The molecule has 14 heavy (non-hydrogen) atoms. The third-order valence-electron chi connectivity index (χ3n) is 2.28. The molecule has 1 aromatic heterocycles. The van der Waals surface area contributed by atoms with E-state index in [1.54, 1.807) is 23.9 Å². The van der Waals surface area contributed by atoms with Crippen LogP contribution >= 0.6 is 0 Å². The second-order valence-corrected chi connectivity index (χ2v) is 3.32. The van der Waals surface area contributed by atoms with Crippen molar-refractivity contribution < 1.29 is 4.39 Å². The van der Waals surface area contributed by atoms with Gasteiger partial charge in [0.15, 0.2) is 0 Å². The van der Waals surface area contributed by atoms with Crippen LogP contribution in [-0.4, -0.2) is 9.78 Å². The quantitative estimate of drug-likeness (QED) is 0.675. The van der Waals surface area contributed by atoms with Crippen LogP contribution in [0.15, 0.2) is 30.6 Å². The first-order chi connectivity index (χ1) is 6.68. The smallest absolute Gasteiger partial charge is 0.126 e. The van der Waals surface area contributed by atoms with E-state index in [9.17, 15) is 4.39 Å². The van der Waals surface area contributed by atoms with Crippen molar-refractivity contribution >= 4 is 0 Å². The number of aryl methyl sites for hydroxylation is 1. The molecule has 0 bridgehead atoms.